The van der Waals surface area contributed by atoms with Gasteiger partial charge < -0.3 is 14.2 Å². The fourth-order valence-corrected chi connectivity index (χ4v) is 5.94. The van der Waals surface area contributed by atoms with E-state index in [0.717, 1.165) is 70.6 Å². The van der Waals surface area contributed by atoms with Crippen LogP contribution in [0.2, 0.25) is 0 Å². The molecule has 0 aliphatic heterocycles. The lowest BCUT2D eigenvalue weighted by molar-refractivity contribution is -0.167. The van der Waals surface area contributed by atoms with E-state index >= 15 is 0 Å². The fraction of sp³-hybridized carbons (Fsp3) is 0.841. The molecule has 1 unspecified atom stereocenters. The van der Waals surface area contributed by atoms with Gasteiger partial charge in [0.15, 0.2) is 6.10 Å². The fourth-order valence-electron chi connectivity index (χ4n) is 5.94. The second-order valence-electron chi connectivity index (χ2n) is 14.3. The van der Waals surface area contributed by atoms with Gasteiger partial charge in [-0.15, -0.1) is 0 Å². The van der Waals surface area contributed by atoms with E-state index in [4.69, 9.17) is 14.2 Å². The van der Waals surface area contributed by atoms with Crippen molar-refractivity contribution in [2.24, 2.45) is 0 Å². The van der Waals surface area contributed by atoms with E-state index in [2.05, 4.69) is 45.1 Å². The van der Waals surface area contributed by atoms with Crippen LogP contribution in [0.25, 0.3) is 0 Å². The number of ether oxygens (including phenoxy) is 3. The van der Waals surface area contributed by atoms with Crippen LogP contribution in [0, 0.1) is 0 Å². The summed E-state index contributed by atoms with van der Waals surface area (Å²) in [6.45, 7) is 6.47. The van der Waals surface area contributed by atoms with Gasteiger partial charge in [0.2, 0.25) is 0 Å². The molecule has 50 heavy (non-hydrogen) atoms. The average molecular weight is 705 g/mol. The molecule has 0 aliphatic carbocycles. The molecule has 0 rings (SSSR count). The van der Waals surface area contributed by atoms with E-state index in [9.17, 15) is 14.4 Å². The van der Waals surface area contributed by atoms with Crippen LogP contribution in [-0.2, 0) is 28.6 Å². The van der Waals surface area contributed by atoms with Gasteiger partial charge in [-0.05, 0) is 51.4 Å². The molecule has 0 saturated carbocycles. The standard InChI is InChI=1S/C44H80O6/c1-4-7-10-13-15-16-17-18-19-20-21-22-23-24-25-26-27-28-29-32-34-37-43(46)49-40-41(39-48-42(45)36-33-30-12-9-6-3)50-44(47)38-35-31-14-11-8-5-2/h17-18,20-21,41H,4-16,19,22-40H2,1-3H3/b18-17-,21-20-. The molecule has 0 fully saturated rings. The number of unbranched alkanes of at least 4 members (excludes halogenated alkanes) is 23. The van der Waals surface area contributed by atoms with Crippen LogP contribution in [0.5, 0.6) is 0 Å². The van der Waals surface area contributed by atoms with Crippen LogP contribution in [0.1, 0.15) is 220 Å². The van der Waals surface area contributed by atoms with Crippen molar-refractivity contribution >= 4 is 17.9 Å². The lowest BCUT2D eigenvalue weighted by Crippen LogP contribution is -2.30. The number of carbonyl (C=O) groups is 3. The molecule has 0 bridgehead atoms. The largest absolute Gasteiger partial charge is 0.462 e. The maximum absolute atomic E-state index is 12.5. The summed E-state index contributed by atoms with van der Waals surface area (Å²) < 4.78 is 16.5. The Morgan fingerprint density at radius 3 is 1.10 bits per heavy atom. The zero-order valence-electron chi connectivity index (χ0n) is 33.2. The summed E-state index contributed by atoms with van der Waals surface area (Å²) in [5.74, 6) is -0.900. The van der Waals surface area contributed by atoms with Crippen molar-refractivity contribution in [1.29, 1.82) is 0 Å². The van der Waals surface area contributed by atoms with Crippen molar-refractivity contribution in [3.05, 3.63) is 24.3 Å². The van der Waals surface area contributed by atoms with Crippen molar-refractivity contribution < 1.29 is 28.6 Å². The quantitative estimate of drug-likeness (QED) is 0.0275. The molecule has 0 radical (unpaired) electrons. The first-order valence-corrected chi connectivity index (χ1v) is 21.3. The number of hydrogen-bond donors (Lipinski definition) is 0. The van der Waals surface area contributed by atoms with Gasteiger partial charge in [-0.25, -0.2) is 0 Å². The summed E-state index contributed by atoms with van der Waals surface area (Å²) in [5, 5.41) is 0. The van der Waals surface area contributed by atoms with Gasteiger partial charge in [0, 0.05) is 19.3 Å². The highest BCUT2D eigenvalue weighted by molar-refractivity contribution is 5.71. The van der Waals surface area contributed by atoms with Crippen LogP contribution in [-0.4, -0.2) is 37.2 Å². The first-order valence-electron chi connectivity index (χ1n) is 21.3. The Balaban J connectivity index is 4.03. The molecule has 0 aromatic heterocycles. The maximum Gasteiger partial charge on any atom is 0.306 e. The minimum atomic E-state index is -0.761. The highest BCUT2D eigenvalue weighted by Crippen LogP contribution is 2.14. The van der Waals surface area contributed by atoms with Crippen molar-refractivity contribution in [1.82, 2.24) is 0 Å². The Kier molecular flexibility index (Phi) is 38.0. The van der Waals surface area contributed by atoms with Gasteiger partial charge in [-0.3, -0.25) is 14.4 Å². The average Bonchev–Trinajstić information content (AvgIpc) is 3.11. The normalized spacial score (nSPS) is 12.1. The van der Waals surface area contributed by atoms with E-state index in [1.807, 2.05) is 0 Å². The number of carbonyl (C=O) groups excluding carboxylic acids is 3. The monoisotopic (exact) mass is 705 g/mol. The zero-order valence-corrected chi connectivity index (χ0v) is 33.2. The predicted octanol–water partition coefficient (Wildman–Crippen LogP) is 13.2. The first-order chi connectivity index (χ1) is 24.5. The Morgan fingerprint density at radius 2 is 0.720 bits per heavy atom. The summed E-state index contributed by atoms with van der Waals surface area (Å²) in [4.78, 5) is 37.1. The molecule has 292 valence electrons. The molecule has 6 nitrogen and oxygen atoms in total. The number of allylic oxidation sites excluding steroid dienone is 4. The summed E-state index contributed by atoms with van der Waals surface area (Å²) in [6, 6.07) is 0. The van der Waals surface area contributed by atoms with Crippen molar-refractivity contribution in [3.63, 3.8) is 0 Å². The highest BCUT2D eigenvalue weighted by Gasteiger charge is 2.19. The Bertz CT molecular complexity index is 819. The summed E-state index contributed by atoms with van der Waals surface area (Å²) >= 11 is 0. The summed E-state index contributed by atoms with van der Waals surface area (Å²) in [7, 11) is 0. The molecule has 0 aliphatic rings. The van der Waals surface area contributed by atoms with Crippen LogP contribution in [0.15, 0.2) is 24.3 Å². The third-order valence-corrected chi connectivity index (χ3v) is 9.21. The molecular weight excluding hydrogens is 624 g/mol. The smallest absolute Gasteiger partial charge is 0.306 e. The molecule has 0 N–H and O–H groups in total. The molecule has 6 heteroatoms. The number of hydrogen-bond acceptors (Lipinski definition) is 6. The number of rotatable bonds is 38. The Morgan fingerprint density at radius 1 is 0.400 bits per heavy atom. The van der Waals surface area contributed by atoms with Gasteiger partial charge in [0.25, 0.3) is 0 Å². The van der Waals surface area contributed by atoms with E-state index in [1.54, 1.807) is 0 Å². The summed E-state index contributed by atoms with van der Waals surface area (Å²) in [6.07, 6.45) is 42.2. The molecule has 0 spiro atoms. The molecule has 1 atom stereocenters. The Hall–Kier alpha value is -2.11. The predicted molar refractivity (Wildman–Crippen MR) is 210 cm³/mol. The third-order valence-electron chi connectivity index (χ3n) is 9.21. The second kappa shape index (κ2) is 39.7. The van der Waals surface area contributed by atoms with Crippen molar-refractivity contribution in [2.45, 2.75) is 226 Å². The zero-order chi connectivity index (χ0) is 36.6. The van der Waals surface area contributed by atoms with Crippen molar-refractivity contribution in [2.75, 3.05) is 13.2 Å². The first kappa shape index (κ1) is 47.9. The topological polar surface area (TPSA) is 78.9 Å². The third kappa shape index (κ3) is 37.2. The lowest BCUT2D eigenvalue weighted by Gasteiger charge is -2.18. The van der Waals surface area contributed by atoms with E-state index in [-0.39, 0.29) is 31.1 Å². The van der Waals surface area contributed by atoms with Crippen molar-refractivity contribution in [3.8, 4) is 0 Å². The minimum Gasteiger partial charge on any atom is -0.462 e. The SMILES string of the molecule is CCCCCCC/C=C\C/C=C\CCCCCCCCCCCC(=O)OCC(COC(=O)CCCCCCC)OC(=O)CCCCCCCC. The molecular formula is C44H80O6. The molecule has 0 saturated heterocycles. The second-order valence-corrected chi connectivity index (χ2v) is 14.3. The Labute approximate surface area is 309 Å². The number of esters is 3. The van der Waals surface area contributed by atoms with E-state index in [1.165, 1.54) is 109 Å². The molecule has 0 heterocycles. The van der Waals surface area contributed by atoms with Gasteiger partial charge in [0.05, 0.1) is 0 Å². The van der Waals surface area contributed by atoms with E-state index in [0.29, 0.717) is 19.3 Å². The van der Waals surface area contributed by atoms with Crippen LogP contribution in [0.4, 0.5) is 0 Å². The molecule has 0 amide bonds. The van der Waals surface area contributed by atoms with Gasteiger partial charge >= 0.3 is 17.9 Å². The minimum absolute atomic E-state index is 0.0725. The maximum atomic E-state index is 12.5. The lowest BCUT2D eigenvalue weighted by atomic mass is 10.1. The van der Waals surface area contributed by atoms with Gasteiger partial charge in [0.1, 0.15) is 13.2 Å². The molecule has 0 aromatic rings. The van der Waals surface area contributed by atoms with Gasteiger partial charge in [-0.2, -0.15) is 0 Å². The van der Waals surface area contributed by atoms with Gasteiger partial charge in [-0.1, -0.05) is 173 Å². The van der Waals surface area contributed by atoms with Crippen LogP contribution >= 0.6 is 0 Å². The summed E-state index contributed by atoms with van der Waals surface area (Å²) in [5.41, 5.74) is 0. The van der Waals surface area contributed by atoms with E-state index < -0.39 is 6.10 Å². The van der Waals surface area contributed by atoms with Crippen LogP contribution in [0.3, 0.4) is 0 Å². The highest BCUT2D eigenvalue weighted by atomic mass is 16.6. The molecule has 0 aromatic carbocycles. The van der Waals surface area contributed by atoms with Crippen LogP contribution < -0.4 is 0 Å².